The Balaban J connectivity index is 1.10. The van der Waals surface area contributed by atoms with Crippen LogP contribution in [0.25, 0.3) is 112 Å². The number of furan rings is 1. The molecule has 3 heterocycles. The Labute approximate surface area is 339 Å². The van der Waals surface area contributed by atoms with Crippen molar-refractivity contribution in [3.05, 3.63) is 194 Å². The molecule has 0 N–H and O–H groups in total. The smallest absolute Gasteiger partial charge is 0.164 e. The average Bonchev–Trinajstić information content (AvgIpc) is 3.70. The van der Waals surface area contributed by atoms with E-state index in [1.165, 1.54) is 0 Å². The van der Waals surface area contributed by atoms with Gasteiger partial charge in [-0.2, -0.15) is 0 Å². The van der Waals surface area contributed by atoms with Gasteiger partial charge in [0.2, 0.25) is 0 Å². The predicted octanol–water partition coefficient (Wildman–Crippen LogP) is 12.8. The van der Waals surface area contributed by atoms with Gasteiger partial charge in [0, 0.05) is 44.2 Å². The van der Waals surface area contributed by atoms with Gasteiger partial charge in [0.1, 0.15) is 11.2 Å². The van der Waals surface area contributed by atoms with Crippen molar-refractivity contribution in [3.63, 3.8) is 0 Å². The molecule has 0 radical (unpaired) electrons. The van der Waals surface area contributed by atoms with E-state index in [-0.39, 0.29) is 0 Å². The summed E-state index contributed by atoms with van der Waals surface area (Å²) in [5.41, 5.74) is 9.02. The molecule has 0 aliphatic carbocycles. The third kappa shape index (κ3) is 6.37. The highest BCUT2D eigenvalue weighted by Crippen LogP contribution is 2.40. The van der Waals surface area contributed by atoms with E-state index in [1.807, 2.05) is 140 Å². The number of fused-ring (bicyclic) bond motifs is 4. The van der Waals surface area contributed by atoms with E-state index in [2.05, 4.69) is 54.6 Å². The van der Waals surface area contributed by atoms with E-state index >= 15 is 0 Å². The fourth-order valence-electron chi connectivity index (χ4n) is 7.71. The van der Waals surface area contributed by atoms with Crippen molar-refractivity contribution in [1.82, 2.24) is 29.9 Å². The van der Waals surface area contributed by atoms with Gasteiger partial charge in [-0.3, -0.25) is 0 Å². The highest BCUT2D eigenvalue weighted by atomic mass is 16.3. The summed E-state index contributed by atoms with van der Waals surface area (Å²) in [5, 5.41) is 4.03. The van der Waals surface area contributed by atoms with E-state index in [0.29, 0.717) is 34.9 Å². The molecule has 0 atom stereocenters. The molecule has 0 bridgehead atoms. The minimum absolute atomic E-state index is 0.572. The third-order valence-corrected chi connectivity index (χ3v) is 10.6. The largest absolute Gasteiger partial charge is 0.456 e. The molecule has 0 aliphatic rings. The van der Waals surface area contributed by atoms with E-state index in [1.54, 1.807) is 0 Å². The lowest BCUT2D eigenvalue weighted by Crippen LogP contribution is -2.00. The van der Waals surface area contributed by atoms with E-state index < -0.39 is 0 Å². The molecule has 3 aromatic heterocycles. The molecule has 276 valence electrons. The molecule has 8 aromatic carbocycles. The normalized spacial score (nSPS) is 11.4. The molecule has 0 saturated heterocycles. The first-order valence-corrected chi connectivity index (χ1v) is 19.4. The van der Waals surface area contributed by atoms with Crippen LogP contribution in [0.5, 0.6) is 0 Å². The number of hydrogen-bond donors (Lipinski definition) is 0. The zero-order chi connectivity index (χ0) is 39.1. The Bertz CT molecular complexity index is 3200. The molecule has 0 amide bonds. The van der Waals surface area contributed by atoms with Gasteiger partial charge in [-0.1, -0.05) is 164 Å². The van der Waals surface area contributed by atoms with E-state index in [9.17, 15) is 0 Å². The van der Waals surface area contributed by atoms with Crippen LogP contribution in [0.2, 0.25) is 0 Å². The zero-order valence-corrected chi connectivity index (χ0v) is 31.6. The molecule has 0 saturated carbocycles. The highest BCUT2D eigenvalue weighted by Gasteiger charge is 2.20. The molecule has 11 aromatic rings. The summed E-state index contributed by atoms with van der Waals surface area (Å²) in [7, 11) is 0. The summed E-state index contributed by atoms with van der Waals surface area (Å²) in [6.45, 7) is 0. The summed E-state index contributed by atoms with van der Waals surface area (Å²) in [4.78, 5) is 30.2. The van der Waals surface area contributed by atoms with Gasteiger partial charge < -0.3 is 4.42 Å². The monoisotopic (exact) mass is 756 g/mol. The SMILES string of the molecule is c1ccc(-c2nc(-c3ccccc3)nc(-c3cc(-c4ccc5oc6cccc(-c7nc(-c8ccccc8)nc(-c8ccccc8)n7)c6c5c4)cc4ccccc34)n2)cc1. The summed E-state index contributed by atoms with van der Waals surface area (Å²) in [5.74, 6) is 3.62. The number of hydrogen-bond acceptors (Lipinski definition) is 7. The average molecular weight is 757 g/mol. The number of aromatic nitrogens is 6. The van der Waals surface area contributed by atoms with Gasteiger partial charge in [-0.05, 0) is 52.2 Å². The fourth-order valence-corrected chi connectivity index (χ4v) is 7.71. The van der Waals surface area contributed by atoms with Crippen LogP contribution in [-0.4, -0.2) is 29.9 Å². The van der Waals surface area contributed by atoms with E-state index in [4.69, 9.17) is 34.3 Å². The Hall–Kier alpha value is -8.16. The minimum Gasteiger partial charge on any atom is -0.456 e. The first-order chi connectivity index (χ1) is 29.2. The van der Waals surface area contributed by atoms with Gasteiger partial charge in [-0.15, -0.1) is 0 Å². The minimum atomic E-state index is 0.572. The van der Waals surface area contributed by atoms with Crippen LogP contribution in [0.4, 0.5) is 0 Å². The van der Waals surface area contributed by atoms with Gasteiger partial charge in [0.05, 0.1) is 0 Å². The molecular formula is C52H32N6O. The lowest BCUT2D eigenvalue weighted by atomic mass is 9.95. The van der Waals surface area contributed by atoms with Crippen molar-refractivity contribution < 1.29 is 4.42 Å². The van der Waals surface area contributed by atoms with Crippen molar-refractivity contribution in [2.45, 2.75) is 0 Å². The van der Waals surface area contributed by atoms with Crippen LogP contribution in [0.3, 0.4) is 0 Å². The van der Waals surface area contributed by atoms with Gasteiger partial charge in [-0.25, -0.2) is 29.9 Å². The maximum atomic E-state index is 6.51. The molecular weight excluding hydrogens is 725 g/mol. The van der Waals surface area contributed by atoms with Gasteiger partial charge in [0.25, 0.3) is 0 Å². The van der Waals surface area contributed by atoms with E-state index in [0.717, 1.165) is 77.2 Å². The van der Waals surface area contributed by atoms with Crippen LogP contribution >= 0.6 is 0 Å². The molecule has 0 unspecified atom stereocenters. The summed E-state index contributed by atoms with van der Waals surface area (Å²) >= 11 is 0. The maximum Gasteiger partial charge on any atom is 0.164 e. The molecule has 59 heavy (non-hydrogen) atoms. The summed E-state index contributed by atoms with van der Waals surface area (Å²) < 4.78 is 6.51. The fraction of sp³-hybridized carbons (Fsp3) is 0. The van der Waals surface area contributed by atoms with Gasteiger partial charge in [0.15, 0.2) is 34.9 Å². The third-order valence-electron chi connectivity index (χ3n) is 10.6. The molecule has 0 fully saturated rings. The lowest BCUT2D eigenvalue weighted by molar-refractivity contribution is 0.669. The van der Waals surface area contributed by atoms with Crippen molar-refractivity contribution in [1.29, 1.82) is 0 Å². The molecule has 0 spiro atoms. The lowest BCUT2D eigenvalue weighted by Gasteiger charge is -2.13. The Kier molecular flexibility index (Phi) is 8.33. The summed E-state index contributed by atoms with van der Waals surface area (Å²) in [6.07, 6.45) is 0. The van der Waals surface area contributed by atoms with Crippen molar-refractivity contribution in [2.75, 3.05) is 0 Å². The molecule has 0 aliphatic heterocycles. The van der Waals surface area contributed by atoms with Crippen molar-refractivity contribution in [2.24, 2.45) is 0 Å². The second kappa shape index (κ2) is 14.4. The first kappa shape index (κ1) is 34.1. The Morgan fingerprint density at radius 2 is 0.746 bits per heavy atom. The standard InChI is InChI=1S/C52H32N6O/c1-5-16-33(17-6-1)47-53-48(34-18-7-2-8-19-34)56-51(55-47)41-26-15-27-45-46(41)43-31-37(28-29-44(43)59-45)39-30-38-24-13-14-25-40(38)42(32-39)52-57-49(35-20-9-3-10-21-35)54-50(58-52)36-22-11-4-12-23-36/h1-32H. The van der Waals surface area contributed by atoms with Crippen LogP contribution in [0.15, 0.2) is 199 Å². The topological polar surface area (TPSA) is 90.5 Å². The predicted molar refractivity (Wildman–Crippen MR) is 236 cm³/mol. The zero-order valence-electron chi connectivity index (χ0n) is 31.6. The Morgan fingerprint density at radius 1 is 0.271 bits per heavy atom. The first-order valence-electron chi connectivity index (χ1n) is 19.4. The molecule has 11 rings (SSSR count). The van der Waals surface area contributed by atoms with Crippen LogP contribution < -0.4 is 0 Å². The Morgan fingerprint density at radius 3 is 1.29 bits per heavy atom. The van der Waals surface area contributed by atoms with Gasteiger partial charge >= 0.3 is 0 Å². The number of benzene rings is 8. The van der Waals surface area contributed by atoms with Crippen molar-refractivity contribution in [3.8, 4) is 79.5 Å². The number of nitrogens with zero attached hydrogens (tertiary/aromatic N) is 6. The van der Waals surface area contributed by atoms with Crippen LogP contribution in [-0.2, 0) is 0 Å². The maximum absolute atomic E-state index is 6.51. The quantitative estimate of drug-likeness (QED) is 0.160. The van der Waals surface area contributed by atoms with Crippen LogP contribution in [0.1, 0.15) is 0 Å². The second-order valence-corrected chi connectivity index (χ2v) is 14.3. The van der Waals surface area contributed by atoms with Crippen molar-refractivity contribution >= 4 is 32.7 Å². The van der Waals surface area contributed by atoms with Crippen LogP contribution in [0, 0.1) is 0 Å². The highest BCUT2D eigenvalue weighted by molar-refractivity contribution is 6.13. The second-order valence-electron chi connectivity index (χ2n) is 14.3. The summed E-state index contributed by atoms with van der Waals surface area (Å²) in [6, 6.07) is 65.4. The molecule has 7 heteroatoms. The number of rotatable bonds is 7. The molecule has 7 nitrogen and oxygen atoms in total.